The molecule has 0 bridgehead atoms. The summed E-state index contributed by atoms with van der Waals surface area (Å²) in [4.78, 5) is 0. The molecule has 0 heterocycles. The fraction of sp³-hybridized carbons (Fsp3) is 0.625. The van der Waals surface area contributed by atoms with E-state index in [2.05, 4.69) is 5.32 Å². The van der Waals surface area contributed by atoms with E-state index in [-0.39, 0.29) is 24.2 Å². The van der Waals surface area contributed by atoms with E-state index in [4.69, 9.17) is 4.74 Å². The SMILES string of the molecule is COc1ccc(C(C)NC2CCCCC2CO)cc1F. The number of hydrogen-bond acceptors (Lipinski definition) is 3. The van der Waals surface area contributed by atoms with Gasteiger partial charge in [0.1, 0.15) is 0 Å². The topological polar surface area (TPSA) is 41.5 Å². The van der Waals surface area contributed by atoms with Crippen molar-refractivity contribution in [1.29, 1.82) is 0 Å². The molecule has 0 amide bonds. The van der Waals surface area contributed by atoms with Crippen molar-refractivity contribution in [3.05, 3.63) is 29.6 Å². The molecule has 1 fully saturated rings. The molecule has 0 radical (unpaired) electrons. The molecule has 4 heteroatoms. The number of methoxy groups -OCH3 is 1. The number of aliphatic hydroxyl groups excluding tert-OH is 1. The molecule has 1 aromatic carbocycles. The van der Waals surface area contributed by atoms with E-state index < -0.39 is 0 Å². The van der Waals surface area contributed by atoms with E-state index in [1.165, 1.54) is 26.0 Å². The van der Waals surface area contributed by atoms with E-state index in [1.54, 1.807) is 6.07 Å². The van der Waals surface area contributed by atoms with Gasteiger partial charge in [-0.05, 0) is 43.4 Å². The number of ether oxygens (including phenoxy) is 1. The van der Waals surface area contributed by atoms with Gasteiger partial charge >= 0.3 is 0 Å². The van der Waals surface area contributed by atoms with Gasteiger partial charge in [0.25, 0.3) is 0 Å². The third-order valence-electron chi connectivity index (χ3n) is 4.28. The van der Waals surface area contributed by atoms with Gasteiger partial charge in [-0.25, -0.2) is 4.39 Å². The zero-order valence-corrected chi connectivity index (χ0v) is 12.2. The van der Waals surface area contributed by atoms with E-state index in [1.807, 2.05) is 13.0 Å². The average Bonchev–Trinajstić information content (AvgIpc) is 2.47. The van der Waals surface area contributed by atoms with Crippen LogP contribution in [0.1, 0.15) is 44.2 Å². The fourth-order valence-electron chi connectivity index (χ4n) is 3.01. The van der Waals surface area contributed by atoms with Crippen LogP contribution in [0.25, 0.3) is 0 Å². The molecular weight excluding hydrogens is 257 g/mol. The second-order valence-electron chi connectivity index (χ2n) is 5.62. The molecule has 3 nitrogen and oxygen atoms in total. The van der Waals surface area contributed by atoms with Gasteiger partial charge in [0.05, 0.1) is 7.11 Å². The second kappa shape index (κ2) is 7.04. The summed E-state index contributed by atoms with van der Waals surface area (Å²) in [5.74, 6) is 0.252. The second-order valence-corrected chi connectivity index (χ2v) is 5.62. The molecule has 2 rings (SSSR count). The minimum Gasteiger partial charge on any atom is -0.494 e. The van der Waals surface area contributed by atoms with Gasteiger partial charge < -0.3 is 15.2 Å². The first-order valence-electron chi connectivity index (χ1n) is 7.36. The van der Waals surface area contributed by atoms with Crippen molar-refractivity contribution in [2.75, 3.05) is 13.7 Å². The lowest BCUT2D eigenvalue weighted by molar-refractivity contribution is 0.147. The Balaban J connectivity index is 2.03. The van der Waals surface area contributed by atoms with Crippen LogP contribution in [0.3, 0.4) is 0 Å². The summed E-state index contributed by atoms with van der Waals surface area (Å²) < 4.78 is 18.7. The molecule has 2 N–H and O–H groups in total. The fourth-order valence-corrected chi connectivity index (χ4v) is 3.01. The van der Waals surface area contributed by atoms with Crippen LogP contribution in [0, 0.1) is 11.7 Å². The molecule has 112 valence electrons. The van der Waals surface area contributed by atoms with Crippen molar-refractivity contribution < 1.29 is 14.2 Å². The number of halogens is 1. The predicted octanol–water partition coefficient (Wildman–Crippen LogP) is 3.04. The normalized spacial score (nSPS) is 24.4. The van der Waals surface area contributed by atoms with Crippen molar-refractivity contribution >= 4 is 0 Å². The summed E-state index contributed by atoms with van der Waals surface area (Å²) in [6.07, 6.45) is 4.53. The van der Waals surface area contributed by atoms with Crippen LogP contribution in [0.15, 0.2) is 18.2 Å². The first kappa shape index (κ1) is 15.3. The largest absolute Gasteiger partial charge is 0.494 e. The van der Waals surface area contributed by atoms with Crippen LogP contribution in [0.4, 0.5) is 4.39 Å². The quantitative estimate of drug-likeness (QED) is 0.871. The van der Waals surface area contributed by atoms with Crippen LogP contribution in [0.5, 0.6) is 5.75 Å². The standard InChI is InChI=1S/C16H24FNO2/c1-11(12-7-8-16(20-2)14(17)9-12)18-15-6-4-3-5-13(15)10-19/h7-9,11,13,15,18-19H,3-6,10H2,1-2H3. The molecule has 20 heavy (non-hydrogen) atoms. The Morgan fingerprint density at radius 1 is 1.40 bits per heavy atom. The average molecular weight is 281 g/mol. The summed E-state index contributed by atoms with van der Waals surface area (Å²) >= 11 is 0. The lowest BCUT2D eigenvalue weighted by Gasteiger charge is -2.33. The van der Waals surface area contributed by atoms with Crippen molar-refractivity contribution in [3.8, 4) is 5.75 Å². The van der Waals surface area contributed by atoms with Crippen molar-refractivity contribution in [2.24, 2.45) is 5.92 Å². The van der Waals surface area contributed by atoms with E-state index >= 15 is 0 Å². The first-order chi connectivity index (χ1) is 9.65. The summed E-state index contributed by atoms with van der Waals surface area (Å²) in [7, 11) is 1.47. The summed E-state index contributed by atoms with van der Waals surface area (Å²) in [6, 6.07) is 5.44. The molecule has 0 aliphatic heterocycles. The summed E-state index contributed by atoms with van der Waals surface area (Å²) in [6.45, 7) is 2.26. The van der Waals surface area contributed by atoms with Gasteiger partial charge in [0.2, 0.25) is 0 Å². The third kappa shape index (κ3) is 3.49. The third-order valence-corrected chi connectivity index (χ3v) is 4.28. The highest BCUT2D eigenvalue weighted by molar-refractivity contribution is 5.30. The molecule has 1 aromatic rings. The number of aliphatic hydroxyl groups is 1. The smallest absolute Gasteiger partial charge is 0.165 e. The minimum atomic E-state index is -0.332. The molecule has 0 saturated heterocycles. The van der Waals surface area contributed by atoms with Crippen molar-refractivity contribution in [3.63, 3.8) is 0 Å². The highest BCUT2D eigenvalue weighted by Gasteiger charge is 2.25. The molecule has 1 saturated carbocycles. The van der Waals surface area contributed by atoms with Gasteiger partial charge in [-0.2, -0.15) is 0 Å². The van der Waals surface area contributed by atoms with Gasteiger partial charge in [-0.1, -0.05) is 18.9 Å². The Morgan fingerprint density at radius 2 is 2.15 bits per heavy atom. The Labute approximate surface area is 120 Å². The van der Waals surface area contributed by atoms with Crippen LogP contribution >= 0.6 is 0 Å². The molecular formula is C16H24FNO2. The number of rotatable bonds is 5. The van der Waals surface area contributed by atoms with Crippen molar-refractivity contribution in [2.45, 2.75) is 44.7 Å². The lowest BCUT2D eigenvalue weighted by Crippen LogP contribution is -2.41. The van der Waals surface area contributed by atoms with Gasteiger partial charge in [0, 0.05) is 18.7 Å². The molecule has 1 aliphatic carbocycles. The molecule has 1 aliphatic rings. The maximum absolute atomic E-state index is 13.7. The Hall–Kier alpha value is -1.13. The Morgan fingerprint density at radius 3 is 2.80 bits per heavy atom. The molecule has 3 atom stereocenters. The molecule has 3 unspecified atom stereocenters. The van der Waals surface area contributed by atoms with Gasteiger partial charge in [-0.3, -0.25) is 0 Å². The van der Waals surface area contributed by atoms with Gasteiger partial charge in [-0.15, -0.1) is 0 Å². The van der Waals surface area contributed by atoms with Crippen LogP contribution in [-0.4, -0.2) is 24.9 Å². The zero-order valence-electron chi connectivity index (χ0n) is 12.2. The Kier molecular flexibility index (Phi) is 5.38. The molecule has 0 aromatic heterocycles. The van der Waals surface area contributed by atoms with Gasteiger partial charge in [0.15, 0.2) is 11.6 Å². The number of hydrogen-bond donors (Lipinski definition) is 2. The highest BCUT2D eigenvalue weighted by atomic mass is 19.1. The van der Waals surface area contributed by atoms with Crippen molar-refractivity contribution in [1.82, 2.24) is 5.32 Å². The monoisotopic (exact) mass is 281 g/mol. The number of benzene rings is 1. The minimum absolute atomic E-state index is 0.0626. The highest BCUT2D eigenvalue weighted by Crippen LogP contribution is 2.27. The van der Waals surface area contributed by atoms with E-state index in [9.17, 15) is 9.50 Å². The van der Waals surface area contributed by atoms with E-state index in [0.29, 0.717) is 12.0 Å². The van der Waals surface area contributed by atoms with E-state index in [0.717, 1.165) is 18.4 Å². The lowest BCUT2D eigenvalue weighted by atomic mass is 9.84. The maximum Gasteiger partial charge on any atom is 0.165 e. The van der Waals surface area contributed by atoms with Crippen LogP contribution < -0.4 is 10.1 Å². The predicted molar refractivity (Wildman–Crippen MR) is 77.3 cm³/mol. The summed E-state index contributed by atoms with van der Waals surface area (Å²) in [5, 5.41) is 13.0. The maximum atomic E-state index is 13.7. The Bertz CT molecular complexity index is 438. The number of nitrogens with one attached hydrogen (secondary N) is 1. The molecule has 0 spiro atoms. The zero-order chi connectivity index (χ0) is 14.5. The van der Waals surface area contributed by atoms with Crippen LogP contribution in [-0.2, 0) is 0 Å². The first-order valence-corrected chi connectivity index (χ1v) is 7.36. The summed E-state index contributed by atoms with van der Waals surface area (Å²) in [5.41, 5.74) is 0.908. The van der Waals surface area contributed by atoms with Crippen LogP contribution in [0.2, 0.25) is 0 Å².